The average molecular weight is 361 g/mol. The number of ether oxygens (including phenoxy) is 2. The molecule has 24 heavy (non-hydrogen) atoms. The standard InChI is InChI=1S/C16H22ClFN2O4/c1-15(2,3)24-14(21)20(9-23-4)10-7-16(22,8-10)11-5-6-12(17)19-13(11)18/h5-6,10,22H,7-9H2,1-4H3. The third-order valence-electron chi connectivity index (χ3n) is 3.80. The molecule has 0 bridgehead atoms. The number of methoxy groups -OCH3 is 1. The summed E-state index contributed by atoms with van der Waals surface area (Å²) in [5, 5.41) is 10.6. The number of hydrogen-bond donors (Lipinski definition) is 1. The van der Waals surface area contributed by atoms with E-state index in [9.17, 15) is 14.3 Å². The maximum atomic E-state index is 13.9. The van der Waals surface area contributed by atoms with Crippen LogP contribution in [0.4, 0.5) is 9.18 Å². The van der Waals surface area contributed by atoms with Gasteiger partial charge in [-0.2, -0.15) is 4.39 Å². The normalized spacial score (nSPS) is 23.5. The largest absolute Gasteiger partial charge is 0.444 e. The molecule has 134 valence electrons. The SMILES string of the molecule is COCN(C(=O)OC(C)(C)C)C1CC(O)(c2ccc(Cl)nc2F)C1. The highest BCUT2D eigenvalue weighted by atomic mass is 35.5. The smallest absolute Gasteiger partial charge is 0.412 e. The van der Waals surface area contributed by atoms with Crippen LogP contribution in [-0.2, 0) is 15.1 Å². The van der Waals surface area contributed by atoms with Gasteiger partial charge in [0.25, 0.3) is 0 Å². The van der Waals surface area contributed by atoms with Crippen molar-refractivity contribution in [2.75, 3.05) is 13.8 Å². The molecule has 0 spiro atoms. The molecule has 1 heterocycles. The highest BCUT2D eigenvalue weighted by Crippen LogP contribution is 2.45. The molecule has 1 fully saturated rings. The van der Waals surface area contributed by atoms with E-state index in [0.29, 0.717) is 0 Å². The summed E-state index contributed by atoms with van der Waals surface area (Å²) in [6.07, 6.45) is -0.211. The highest BCUT2D eigenvalue weighted by molar-refractivity contribution is 6.29. The van der Waals surface area contributed by atoms with Crippen LogP contribution in [0.15, 0.2) is 12.1 Å². The van der Waals surface area contributed by atoms with Crippen molar-refractivity contribution in [2.24, 2.45) is 0 Å². The summed E-state index contributed by atoms with van der Waals surface area (Å²) in [4.78, 5) is 17.2. The lowest BCUT2D eigenvalue weighted by Gasteiger charge is -2.48. The van der Waals surface area contributed by atoms with E-state index in [1.54, 1.807) is 20.8 Å². The summed E-state index contributed by atoms with van der Waals surface area (Å²) in [6.45, 7) is 5.32. The number of hydrogen-bond acceptors (Lipinski definition) is 5. The number of amides is 1. The van der Waals surface area contributed by atoms with Gasteiger partial charge in [-0.15, -0.1) is 0 Å². The van der Waals surface area contributed by atoms with Crippen LogP contribution in [-0.4, -0.2) is 46.6 Å². The van der Waals surface area contributed by atoms with Gasteiger partial charge in [-0.1, -0.05) is 11.6 Å². The Hall–Kier alpha value is -1.44. The van der Waals surface area contributed by atoms with Crippen LogP contribution in [0.25, 0.3) is 0 Å². The summed E-state index contributed by atoms with van der Waals surface area (Å²) in [7, 11) is 1.46. The van der Waals surface area contributed by atoms with Gasteiger partial charge >= 0.3 is 6.09 Å². The predicted octanol–water partition coefficient (Wildman–Crippen LogP) is 3.07. The van der Waals surface area contributed by atoms with E-state index in [-0.39, 0.29) is 36.3 Å². The molecular formula is C16H22ClFN2O4. The molecule has 6 nitrogen and oxygen atoms in total. The van der Waals surface area contributed by atoms with Crippen LogP contribution >= 0.6 is 11.6 Å². The number of carbonyl (C=O) groups excluding carboxylic acids is 1. The molecule has 2 rings (SSSR count). The molecule has 8 heteroatoms. The van der Waals surface area contributed by atoms with E-state index >= 15 is 0 Å². The fourth-order valence-electron chi connectivity index (χ4n) is 2.69. The van der Waals surface area contributed by atoms with Gasteiger partial charge in [-0.3, -0.25) is 4.90 Å². The summed E-state index contributed by atoms with van der Waals surface area (Å²) in [6, 6.07) is 2.51. The van der Waals surface area contributed by atoms with E-state index in [4.69, 9.17) is 21.1 Å². The van der Waals surface area contributed by atoms with Crippen LogP contribution < -0.4 is 0 Å². The second kappa shape index (κ2) is 6.82. The molecule has 1 aliphatic carbocycles. The molecule has 0 aromatic carbocycles. The Morgan fingerprint density at radius 2 is 2.12 bits per heavy atom. The van der Waals surface area contributed by atoms with Crippen LogP contribution in [0.1, 0.15) is 39.2 Å². The second-order valence-corrected chi connectivity index (χ2v) is 7.32. The molecule has 0 atom stereocenters. The number of pyridine rings is 1. The summed E-state index contributed by atoms with van der Waals surface area (Å²) < 4.78 is 24.3. The minimum absolute atomic E-state index is 0.0190. The summed E-state index contributed by atoms with van der Waals surface area (Å²) >= 11 is 5.63. The number of rotatable bonds is 4. The second-order valence-electron chi connectivity index (χ2n) is 6.93. The van der Waals surface area contributed by atoms with E-state index in [0.717, 1.165) is 0 Å². The number of aliphatic hydroxyl groups is 1. The van der Waals surface area contributed by atoms with Gasteiger partial charge in [0.1, 0.15) is 17.5 Å². The molecule has 1 saturated carbocycles. The van der Waals surface area contributed by atoms with Crippen molar-refractivity contribution < 1.29 is 23.8 Å². The topological polar surface area (TPSA) is 71.9 Å². The Morgan fingerprint density at radius 3 is 2.62 bits per heavy atom. The van der Waals surface area contributed by atoms with Gasteiger partial charge < -0.3 is 14.6 Å². The third kappa shape index (κ3) is 4.15. The minimum Gasteiger partial charge on any atom is -0.444 e. The minimum atomic E-state index is -1.39. The number of carbonyl (C=O) groups is 1. The first-order valence-corrected chi connectivity index (χ1v) is 7.97. The van der Waals surface area contributed by atoms with Crippen molar-refractivity contribution >= 4 is 17.7 Å². The molecule has 1 aromatic rings. The fourth-order valence-corrected chi connectivity index (χ4v) is 2.82. The van der Waals surface area contributed by atoms with Crippen LogP contribution in [0.3, 0.4) is 0 Å². The van der Waals surface area contributed by atoms with E-state index in [1.165, 1.54) is 24.1 Å². The first-order valence-electron chi connectivity index (χ1n) is 7.59. The monoisotopic (exact) mass is 360 g/mol. The van der Waals surface area contributed by atoms with E-state index < -0.39 is 23.2 Å². The molecule has 1 aromatic heterocycles. The van der Waals surface area contributed by atoms with Crippen molar-refractivity contribution in [3.63, 3.8) is 0 Å². The molecule has 1 amide bonds. The Labute approximate surface area is 145 Å². The first-order chi connectivity index (χ1) is 11.1. The lowest BCUT2D eigenvalue weighted by atomic mass is 9.71. The molecule has 1 aliphatic rings. The quantitative estimate of drug-likeness (QED) is 0.660. The van der Waals surface area contributed by atoms with Crippen molar-refractivity contribution in [3.05, 3.63) is 28.8 Å². The summed E-state index contributed by atoms with van der Waals surface area (Å²) in [5.74, 6) is -0.806. The maximum Gasteiger partial charge on any atom is 0.412 e. The molecule has 0 saturated heterocycles. The zero-order chi connectivity index (χ0) is 18.1. The predicted molar refractivity (Wildman–Crippen MR) is 86.1 cm³/mol. The molecule has 1 N–H and O–H groups in total. The number of aromatic nitrogens is 1. The molecule has 0 radical (unpaired) electrons. The van der Waals surface area contributed by atoms with Crippen molar-refractivity contribution in [2.45, 2.75) is 50.9 Å². The zero-order valence-electron chi connectivity index (χ0n) is 14.2. The van der Waals surface area contributed by atoms with Crippen LogP contribution in [0.2, 0.25) is 5.15 Å². The third-order valence-corrected chi connectivity index (χ3v) is 4.01. The van der Waals surface area contributed by atoms with E-state index in [1.807, 2.05) is 0 Å². The lowest BCUT2D eigenvalue weighted by molar-refractivity contribution is -0.116. The van der Waals surface area contributed by atoms with Crippen molar-refractivity contribution in [1.82, 2.24) is 9.88 Å². The van der Waals surface area contributed by atoms with Crippen LogP contribution in [0.5, 0.6) is 0 Å². The van der Waals surface area contributed by atoms with Crippen LogP contribution in [0, 0.1) is 5.95 Å². The van der Waals surface area contributed by atoms with Crippen molar-refractivity contribution in [3.8, 4) is 0 Å². The van der Waals surface area contributed by atoms with Gasteiger partial charge in [0.05, 0.1) is 5.60 Å². The summed E-state index contributed by atoms with van der Waals surface area (Å²) in [5.41, 5.74) is -1.96. The lowest BCUT2D eigenvalue weighted by Crippen LogP contribution is -2.56. The highest BCUT2D eigenvalue weighted by Gasteiger charge is 2.50. The molecule has 0 unspecified atom stereocenters. The van der Waals surface area contributed by atoms with E-state index in [2.05, 4.69) is 4.98 Å². The van der Waals surface area contributed by atoms with Gasteiger partial charge in [0, 0.05) is 31.6 Å². The molecule has 0 aliphatic heterocycles. The van der Waals surface area contributed by atoms with Gasteiger partial charge in [0.2, 0.25) is 5.95 Å². The Balaban J connectivity index is 2.10. The maximum absolute atomic E-state index is 13.9. The first kappa shape index (κ1) is 18.9. The zero-order valence-corrected chi connectivity index (χ0v) is 14.9. The van der Waals surface area contributed by atoms with Crippen molar-refractivity contribution in [1.29, 1.82) is 0 Å². The van der Waals surface area contributed by atoms with Gasteiger partial charge in [-0.25, -0.2) is 9.78 Å². The molecular weight excluding hydrogens is 339 g/mol. The van der Waals surface area contributed by atoms with Gasteiger partial charge in [-0.05, 0) is 32.9 Å². The van der Waals surface area contributed by atoms with Gasteiger partial charge in [0.15, 0.2) is 0 Å². The average Bonchev–Trinajstić information content (AvgIpc) is 2.39. The number of halogens is 2. The Kier molecular flexibility index (Phi) is 5.37. The Morgan fingerprint density at radius 1 is 1.50 bits per heavy atom. The number of nitrogens with zero attached hydrogens (tertiary/aromatic N) is 2. The Bertz CT molecular complexity index is 615. The fraction of sp³-hybridized carbons (Fsp3) is 0.625.